The molecule has 0 aliphatic rings. The molecule has 3 amide bonds. The Labute approximate surface area is 145 Å². The van der Waals surface area contributed by atoms with Crippen LogP contribution < -0.4 is 20.1 Å². The number of halogens is 1. The van der Waals surface area contributed by atoms with Crippen LogP contribution in [0, 0.1) is 0 Å². The first kappa shape index (κ1) is 19.6. The molecule has 1 rings (SSSR count). The Morgan fingerprint density at radius 3 is 2.67 bits per heavy atom. The average molecular weight is 358 g/mol. The summed E-state index contributed by atoms with van der Waals surface area (Å²) in [6.07, 6.45) is 2.13. The van der Waals surface area contributed by atoms with E-state index in [-0.39, 0.29) is 0 Å². The summed E-state index contributed by atoms with van der Waals surface area (Å²) in [4.78, 5) is 27.5. The standard InChI is InChI=1S/C15H20ClN3O5/c1-4-5-17-15(21)19-13(20)9-24-18-8-10-6-11(16)14(23-3)12(7-10)22-2/h6-8H,4-5,9H2,1-3H3,(H2,17,19,20,21)/b18-8-. The number of hydrogen-bond donors (Lipinski definition) is 2. The number of carbonyl (C=O) groups excluding carboxylic acids is 2. The first-order chi connectivity index (χ1) is 11.5. The van der Waals surface area contributed by atoms with Gasteiger partial charge in [0, 0.05) is 12.1 Å². The number of urea groups is 1. The van der Waals surface area contributed by atoms with E-state index in [2.05, 4.69) is 15.8 Å². The Hall–Kier alpha value is -2.48. The van der Waals surface area contributed by atoms with Gasteiger partial charge in [0.15, 0.2) is 18.1 Å². The molecule has 0 fully saturated rings. The van der Waals surface area contributed by atoms with Crippen LogP contribution in [0.2, 0.25) is 5.02 Å². The molecule has 1 aromatic rings. The van der Waals surface area contributed by atoms with Crippen molar-refractivity contribution in [1.82, 2.24) is 10.6 Å². The highest BCUT2D eigenvalue weighted by Gasteiger charge is 2.10. The summed E-state index contributed by atoms with van der Waals surface area (Å²) >= 11 is 6.06. The Morgan fingerprint density at radius 2 is 2.04 bits per heavy atom. The van der Waals surface area contributed by atoms with E-state index in [0.29, 0.717) is 28.6 Å². The summed E-state index contributed by atoms with van der Waals surface area (Å²) in [5, 5.41) is 8.62. The second kappa shape index (κ2) is 10.3. The topological polar surface area (TPSA) is 98.3 Å². The highest BCUT2D eigenvalue weighted by molar-refractivity contribution is 6.32. The van der Waals surface area contributed by atoms with E-state index >= 15 is 0 Å². The normalized spacial score (nSPS) is 10.3. The van der Waals surface area contributed by atoms with Gasteiger partial charge in [0.1, 0.15) is 0 Å². The molecule has 0 atom stereocenters. The van der Waals surface area contributed by atoms with Gasteiger partial charge in [-0.15, -0.1) is 0 Å². The van der Waals surface area contributed by atoms with E-state index in [4.69, 9.17) is 25.9 Å². The number of carbonyl (C=O) groups is 2. The van der Waals surface area contributed by atoms with Gasteiger partial charge in [0.2, 0.25) is 0 Å². The Kier molecular flexibility index (Phi) is 8.42. The van der Waals surface area contributed by atoms with E-state index in [1.54, 1.807) is 12.1 Å². The predicted octanol–water partition coefficient (Wildman–Crippen LogP) is 1.94. The number of nitrogens with one attached hydrogen (secondary N) is 2. The van der Waals surface area contributed by atoms with Gasteiger partial charge in [-0.2, -0.15) is 0 Å². The minimum Gasteiger partial charge on any atom is -0.493 e. The predicted molar refractivity (Wildman–Crippen MR) is 89.9 cm³/mol. The maximum absolute atomic E-state index is 11.4. The van der Waals surface area contributed by atoms with Gasteiger partial charge in [0.25, 0.3) is 5.91 Å². The van der Waals surface area contributed by atoms with Crippen molar-refractivity contribution >= 4 is 29.8 Å². The van der Waals surface area contributed by atoms with Gasteiger partial charge in [-0.1, -0.05) is 23.7 Å². The highest BCUT2D eigenvalue weighted by Crippen LogP contribution is 2.35. The SMILES string of the molecule is CCCNC(=O)NC(=O)CO/N=C\c1cc(Cl)c(OC)c(OC)c1. The molecule has 0 spiro atoms. The van der Waals surface area contributed by atoms with Crippen LogP contribution in [0.25, 0.3) is 0 Å². The molecule has 0 aromatic heterocycles. The molecule has 2 N–H and O–H groups in total. The van der Waals surface area contributed by atoms with Crippen molar-refractivity contribution in [3.63, 3.8) is 0 Å². The summed E-state index contributed by atoms with van der Waals surface area (Å²) in [6, 6.07) is 2.69. The molecule has 1 aromatic carbocycles. The Bertz CT molecular complexity index is 607. The van der Waals surface area contributed by atoms with Crippen LogP contribution in [0.15, 0.2) is 17.3 Å². The van der Waals surface area contributed by atoms with Gasteiger partial charge in [-0.25, -0.2) is 4.79 Å². The van der Waals surface area contributed by atoms with Gasteiger partial charge in [-0.3, -0.25) is 10.1 Å². The molecule has 0 saturated heterocycles. The molecule has 0 radical (unpaired) electrons. The van der Waals surface area contributed by atoms with Crippen LogP contribution in [0.5, 0.6) is 11.5 Å². The molecule has 8 nitrogen and oxygen atoms in total. The van der Waals surface area contributed by atoms with E-state index < -0.39 is 18.5 Å². The lowest BCUT2D eigenvalue weighted by atomic mass is 10.2. The fourth-order valence-electron chi connectivity index (χ4n) is 1.65. The van der Waals surface area contributed by atoms with Crippen LogP contribution in [0.1, 0.15) is 18.9 Å². The number of nitrogens with zero attached hydrogens (tertiary/aromatic N) is 1. The quantitative estimate of drug-likeness (QED) is 0.547. The maximum atomic E-state index is 11.4. The van der Waals surface area contributed by atoms with Crippen molar-refractivity contribution < 1.29 is 23.9 Å². The summed E-state index contributed by atoms with van der Waals surface area (Å²) in [5.74, 6) is 0.248. The minimum absolute atomic E-state index is 0.351. The summed E-state index contributed by atoms with van der Waals surface area (Å²) in [6.45, 7) is 2.00. The van der Waals surface area contributed by atoms with Crippen molar-refractivity contribution in [3.8, 4) is 11.5 Å². The fraction of sp³-hybridized carbons (Fsp3) is 0.400. The van der Waals surface area contributed by atoms with Gasteiger partial charge in [-0.05, 0) is 18.6 Å². The Balaban J connectivity index is 2.51. The van der Waals surface area contributed by atoms with Crippen LogP contribution >= 0.6 is 11.6 Å². The first-order valence-corrected chi connectivity index (χ1v) is 7.54. The first-order valence-electron chi connectivity index (χ1n) is 7.16. The molecule has 0 saturated carbocycles. The van der Waals surface area contributed by atoms with Crippen LogP contribution in [0.3, 0.4) is 0 Å². The van der Waals surface area contributed by atoms with E-state index in [1.807, 2.05) is 6.92 Å². The molecule has 132 valence electrons. The van der Waals surface area contributed by atoms with Gasteiger partial charge < -0.3 is 19.6 Å². The summed E-state index contributed by atoms with van der Waals surface area (Å²) < 4.78 is 10.3. The lowest BCUT2D eigenvalue weighted by Crippen LogP contribution is -2.41. The molecular formula is C15H20ClN3O5. The minimum atomic E-state index is -0.605. The third-order valence-electron chi connectivity index (χ3n) is 2.72. The van der Waals surface area contributed by atoms with Crippen LogP contribution in [-0.2, 0) is 9.63 Å². The zero-order valence-corrected chi connectivity index (χ0v) is 14.5. The molecule has 0 unspecified atom stereocenters. The zero-order chi connectivity index (χ0) is 17.9. The number of amides is 3. The molecule has 9 heteroatoms. The zero-order valence-electron chi connectivity index (χ0n) is 13.7. The van der Waals surface area contributed by atoms with Crippen molar-refractivity contribution in [2.75, 3.05) is 27.4 Å². The van der Waals surface area contributed by atoms with E-state index in [1.165, 1.54) is 20.4 Å². The van der Waals surface area contributed by atoms with Crippen LogP contribution in [0.4, 0.5) is 4.79 Å². The lowest BCUT2D eigenvalue weighted by molar-refractivity contribution is -0.124. The summed E-state index contributed by atoms with van der Waals surface area (Å²) in [7, 11) is 2.97. The molecule has 0 bridgehead atoms. The number of methoxy groups -OCH3 is 2. The third kappa shape index (κ3) is 6.33. The number of hydrogen-bond acceptors (Lipinski definition) is 6. The maximum Gasteiger partial charge on any atom is 0.321 e. The fourth-order valence-corrected chi connectivity index (χ4v) is 1.95. The second-order valence-electron chi connectivity index (χ2n) is 4.55. The average Bonchev–Trinajstić information content (AvgIpc) is 2.56. The number of imide groups is 1. The van der Waals surface area contributed by atoms with Gasteiger partial charge >= 0.3 is 6.03 Å². The van der Waals surface area contributed by atoms with Crippen molar-refractivity contribution in [2.24, 2.45) is 5.16 Å². The van der Waals surface area contributed by atoms with Crippen molar-refractivity contribution in [3.05, 3.63) is 22.7 Å². The highest BCUT2D eigenvalue weighted by atomic mass is 35.5. The van der Waals surface area contributed by atoms with E-state index in [9.17, 15) is 9.59 Å². The molecular weight excluding hydrogens is 338 g/mol. The number of oxime groups is 1. The lowest BCUT2D eigenvalue weighted by Gasteiger charge is -2.09. The molecule has 0 aliphatic carbocycles. The smallest absolute Gasteiger partial charge is 0.321 e. The number of benzene rings is 1. The monoisotopic (exact) mass is 357 g/mol. The molecule has 24 heavy (non-hydrogen) atoms. The third-order valence-corrected chi connectivity index (χ3v) is 3.00. The molecule has 0 aliphatic heterocycles. The second-order valence-corrected chi connectivity index (χ2v) is 4.96. The van der Waals surface area contributed by atoms with Crippen LogP contribution in [-0.4, -0.2) is 45.5 Å². The van der Waals surface area contributed by atoms with E-state index in [0.717, 1.165) is 6.42 Å². The number of rotatable bonds is 8. The summed E-state index contributed by atoms with van der Waals surface area (Å²) in [5.41, 5.74) is 0.596. The Morgan fingerprint density at radius 1 is 1.29 bits per heavy atom. The van der Waals surface area contributed by atoms with Crippen molar-refractivity contribution in [1.29, 1.82) is 0 Å². The van der Waals surface area contributed by atoms with Crippen molar-refractivity contribution in [2.45, 2.75) is 13.3 Å². The molecule has 0 heterocycles. The largest absolute Gasteiger partial charge is 0.493 e. The number of ether oxygens (including phenoxy) is 2. The van der Waals surface area contributed by atoms with Gasteiger partial charge in [0.05, 0.1) is 25.5 Å².